The first kappa shape index (κ1) is 85.5. The number of nitrogens with one attached hydrogen (secondary N) is 1. The second-order valence-corrected chi connectivity index (χ2v) is 22.3. The first-order valence-electron chi connectivity index (χ1n) is 30.5. The number of ether oxygens (including phenoxy) is 4. The average molecular weight is 1090 g/mol. The van der Waals surface area contributed by atoms with Crippen molar-refractivity contribution >= 4 is 17.7 Å². The molecule has 2 aliphatic heterocycles. The number of carbonyl (C=O) groups excluding carboxylic acids is 3. The van der Waals surface area contributed by atoms with Crippen molar-refractivity contribution in [2.45, 2.75) is 317 Å². The van der Waals surface area contributed by atoms with E-state index in [-0.39, 0.29) is 66.3 Å². The van der Waals surface area contributed by atoms with Gasteiger partial charge in [-0.2, -0.15) is 0 Å². The minimum absolute atomic E-state index is 0. The monoisotopic (exact) mass is 1090 g/mol. The van der Waals surface area contributed by atoms with Crippen molar-refractivity contribution in [1.82, 2.24) is 15.1 Å². The molecule has 0 aliphatic carbocycles. The fraction of sp³-hybridized carbons (Fsp3) is 0.954. The third-order valence-corrected chi connectivity index (χ3v) is 13.3. The van der Waals surface area contributed by atoms with Crippen molar-refractivity contribution in [3.8, 4) is 0 Å². The molecule has 0 radical (unpaired) electrons. The Balaban J connectivity index is -0.000000223. The zero-order valence-electron chi connectivity index (χ0n) is 49.7. The molecule has 0 bridgehead atoms. The molecule has 2 aliphatic rings. The molecule has 2 saturated heterocycles. The van der Waals surface area contributed by atoms with Gasteiger partial charge in [0.25, 0.3) is 0 Å². The van der Waals surface area contributed by atoms with Gasteiger partial charge < -0.3 is 39.2 Å². The van der Waals surface area contributed by atoms with Crippen LogP contribution in [0.25, 0.3) is 0 Å². The molecule has 462 valence electrons. The van der Waals surface area contributed by atoms with E-state index in [4.69, 9.17) is 24.1 Å². The SMILES string of the molecule is C.C.C.C.CC(C)CN1CCCC1=O.CCCCCCCCCCCCCOCC(C)C.CCCCCCCCCCCCCOCC(C)CCC(C)NC(=O)CCCO.CCOCC(C)OCC(C)N1CCCC1=O. The largest absolute Gasteiger partial charge is 0.396 e. The summed E-state index contributed by atoms with van der Waals surface area (Å²) in [5.74, 6) is 2.47. The number of amides is 3. The molecule has 0 saturated carbocycles. The summed E-state index contributed by atoms with van der Waals surface area (Å²) in [6.07, 6.45) is 37.1. The molecule has 4 atom stereocenters. The predicted molar refractivity (Wildman–Crippen MR) is 332 cm³/mol. The lowest BCUT2D eigenvalue weighted by atomic mass is 10.0. The molecular weight excluding hydrogens is 951 g/mol. The quantitative estimate of drug-likeness (QED) is 0.0578. The molecule has 2 rings (SSSR count). The first-order chi connectivity index (χ1) is 34.7. The molecule has 0 aromatic rings. The van der Waals surface area contributed by atoms with Crippen molar-refractivity contribution < 1.29 is 38.4 Å². The summed E-state index contributed by atoms with van der Waals surface area (Å²) in [6, 6.07) is 0.374. The molecule has 3 amide bonds. The molecule has 0 spiro atoms. The van der Waals surface area contributed by atoms with Gasteiger partial charge in [0.15, 0.2) is 0 Å². The van der Waals surface area contributed by atoms with Crippen molar-refractivity contribution in [3.05, 3.63) is 0 Å². The second-order valence-electron chi connectivity index (χ2n) is 22.3. The smallest absolute Gasteiger partial charge is 0.222 e. The van der Waals surface area contributed by atoms with E-state index in [1.54, 1.807) is 0 Å². The van der Waals surface area contributed by atoms with Crippen LogP contribution in [-0.4, -0.2) is 123 Å². The van der Waals surface area contributed by atoms with Gasteiger partial charge in [-0.15, -0.1) is 0 Å². The standard InChI is InChI=1S/C24H49NO3.C17H36O.C12H23NO3.C8H15NO.4CH4/c1-4-5-6-7-8-9-10-11-12-13-14-20-28-21-22(2)17-18-23(3)25-24(27)16-15-19-26;1-4-5-6-7-8-9-10-11-12-13-14-15-18-16-17(2)3;1-4-15-9-11(3)16-8-10(2)13-7-5-6-12(13)14;1-7(2)6-9-5-3-4-8(9)10;;;;/h22-23,26H,4-21H2,1-3H3,(H,25,27);17H,4-16H2,1-3H3;10-11H,4-9H2,1-3H3;7H,3-6H2,1-2H3;4*1H4. The van der Waals surface area contributed by atoms with Gasteiger partial charge in [0, 0.05) is 84.6 Å². The minimum atomic E-state index is 0. The van der Waals surface area contributed by atoms with Gasteiger partial charge in [0.1, 0.15) is 0 Å². The number of carbonyl (C=O) groups is 3. The molecule has 2 N–H and O–H groups in total. The van der Waals surface area contributed by atoms with E-state index in [0.29, 0.717) is 62.7 Å². The minimum Gasteiger partial charge on any atom is -0.396 e. The van der Waals surface area contributed by atoms with Gasteiger partial charge in [0.05, 0.1) is 25.4 Å². The average Bonchev–Trinajstić information content (AvgIpc) is 3.98. The lowest BCUT2D eigenvalue weighted by molar-refractivity contribution is -0.131. The van der Waals surface area contributed by atoms with Crippen LogP contribution in [0.2, 0.25) is 0 Å². The van der Waals surface area contributed by atoms with Crippen LogP contribution in [-0.2, 0) is 33.3 Å². The van der Waals surface area contributed by atoms with Gasteiger partial charge in [-0.1, -0.05) is 207 Å². The Morgan fingerprint density at radius 1 is 0.539 bits per heavy atom. The van der Waals surface area contributed by atoms with Crippen LogP contribution >= 0.6 is 0 Å². The fourth-order valence-corrected chi connectivity index (χ4v) is 8.82. The molecule has 0 aromatic carbocycles. The Bertz CT molecular complexity index is 1180. The van der Waals surface area contributed by atoms with Crippen molar-refractivity contribution in [3.63, 3.8) is 0 Å². The third-order valence-electron chi connectivity index (χ3n) is 13.3. The molecule has 11 heteroatoms. The number of hydrogen-bond donors (Lipinski definition) is 2. The van der Waals surface area contributed by atoms with Crippen LogP contribution in [0.1, 0.15) is 298 Å². The summed E-state index contributed by atoms with van der Waals surface area (Å²) < 4.78 is 22.3. The van der Waals surface area contributed by atoms with Gasteiger partial charge in [-0.3, -0.25) is 14.4 Å². The van der Waals surface area contributed by atoms with Gasteiger partial charge >= 0.3 is 0 Å². The van der Waals surface area contributed by atoms with Crippen molar-refractivity contribution in [2.24, 2.45) is 17.8 Å². The Morgan fingerprint density at radius 3 is 1.41 bits per heavy atom. The first-order valence-corrected chi connectivity index (χ1v) is 30.5. The number of hydrogen-bond acceptors (Lipinski definition) is 8. The lowest BCUT2D eigenvalue weighted by Crippen LogP contribution is -2.38. The normalized spacial score (nSPS) is 14.4. The summed E-state index contributed by atoms with van der Waals surface area (Å²) in [5.41, 5.74) is 0. The summed E-state index contributed by atoms with van der Waals surface area (Å²) in [4.78, 5) is 38.0. The Morgan fingerprint density at radius 2 is 1.00 bits per heavy atom. The Kier molecular flexibility index (Phi) is 72.0. The number of rotatable bonds is 44. The van der Waals surface area contributed by atoms with E-state index in [1.807, 2.05) is 30.6 Å². The fourth-order valence-electron chi connectivity index (χ4n) is 8.82. The summed E-state index contributed by atoms with van der Waals surface area (Å²) in [7, 11) is 0. The summed E-state index contributed by atoms with van der Waals surface area (Å²) in [5, 5.41) is 11.7. The molecular formula is C65H139N3O8. The van der Waals surface area contributed by atoms with Crippen LogP contribution in [0.15, 0.2) is 0 Å². The van der Waals surface area contributed by atoms with Crippen molar-refractivity contribution in [2.75, 3.05) is 72.5 Å². The predicted octanol–water partition coefficient (Wildman–Crippen LogP) is 17.2. The number of nitrogens with zero attached hydrogens (tertiary/aromatic N) is 2. The third kappa shape index (κ3) is 59.9. The summed E-state index contributed by atoms with van der Waals surface area (Å²) >= 11 is 0. The maximum absolute atomic E-state index is 11.6. The van der Waals surface area contributed by atoms with E-state index < -0.39 is 0 Å². The highest BCUT2D eigenvalue weighted by atomic mass is 16.5. The van der Waals surface area contributed by atoms with Crippen LogP contribution in [0.5, 0.6) is 0 Å². The highest BCUT2D eigenvalue weighted by molar-refractivity contribution is 5.78. The van der Waals surface area contributed by atoms with E-state index in [1.165, 1.54) is 141 Å². The number of unbranched alkanes of at least 4 members (excludes halogenated alkanes) is 20. The Labute approximate surface area is 476 Å². The molecule has 2 heterocycles. The second kappa shape index (κ2) is 64.0. The van der Waals surface area contributed by atoms with E-state index in [0.717, 1.165) is 78.2 Å². The topological polar surface area (TPSA) is 127 Å². The van der Waals surface area contributed by atoms with Gasteiger partial charge in [-0.25, -0.2) is 0 Å². The molecule has 2 fully saturated rings. The number of aliphatic hydroxyl groups excluding tert-OH is 1. The van der Waals surface area contributed by atoms with Crippen molar-refractivity contribution in [1.29, 1.82) is 0 Å². The molecule has 0 aromatic heterocycles. The zero-order valence-corrected chi connectivity index (χ0v) is 49.7. The van der Waals surface area contributed by atoms with Crippen LogP contribution < -0.4 is 5.32 Å². The molecule has 4 unspecified atom stereocenters. The lowest BCUT2D eigenvalue weighted by Gasteiger charge is -2.25. The highest BCUT2D eigenvalue weighted by Gasteiger charge is 2.25. The summed E-state index contributed by atoms with van der Waals surface area (Å²) in [6.45, 7) is 32.0. The molecule has 11 nitrogen and oxygen atoms in total. The number of aliphatic hydroxyl groups is 1. The van der Waals surface area contributed by atoms with E-state index in [9.17, 15) is 14.4 Å². The Hall–Kier alpha value is -1.79. The maximum atomic E-state index is 11.6. The van der Waals surface area contributed by atoms with Crippen LogP contribution in [0.4, 0.5) is 0 Å². The zero-order chi connectivity index (χ0) is 53.9. The van der Waals surface area contributed by atoms with Crippen LogP contribution in [0.3, 0.4) is 0 Å². The maximum Gasteiger partial charge on any atom is 0.222 e. The van der Waals surface area contributed by atoms with E-state index in [2.05, 4.69) is 60.7 Å². The van der Waals surface area contributed by atoms with E-state index >= 15 is 0 Å². The van der Waals surface area contributed by atoms with Crippen LogP contribution in [0, 0.1) is 17.8 Å². The number of likely N-dealkylation sites (tertiary alicyclic amines) is 2. The van der Waals surface area contributed by atoms with Gasteiger partial charge in [0.2, 0.25) is 17.7 Å². The highest BCUT2D eigenvalue weighted by Crippen LogP contribution is 2.16. The molecule has 76 heavy (non-hydrogen) atoms. The van der Waals surface area contributed by atoms with Gasteiger partial charge in [-0.05, 0) is 90.4 Å².